The second kappa shape index (κ2) is 15.8. The number of benzene rings is 3. The van der Waals surface area contributed by atoms with Crippen molar-refractivity contribution >= 4 is 46.5 Å². The molecule has 0 saturated carbocycles. The number of hydrogen-bond donors (Lipinski definition) is 1. The van der Waals surface area contributed by atoms with Crippen molar-refractivity contribution in [2.45, 2.75) is 32.4 Å². The number of nitrogens with one attached hydrogen (secondary N) is 1. The van der Waals surface area contributed by atoms with E-state index in [0.29, 0.717) is 41.0 Å². The molecule has 2 saturated heterocycles. The summed E-state index contributed by atoms with van der Waals surface area (Å²) in [5.41, 5.74) is 2.87. The molecule has 1 N–H and O–H groups in total. The number of thiocarbonyl (C=S) groups is 1. The Morgan fingerprint density at radius 2 is 1.57 bits per heavy atom. The molecule has 0 aliphatic carbocycles. The lowest BCUT2D eigenvalue weighted by molar-refractivity contribution is -0.124. The number of piperazine rings is 1. The summed E-state index contributed by atoms with van der Waals surface area (Å²) in [6.07, 6.45) is 0.736. The van der Waals surface area contributed by atoms with E-state index < -0.39 is 12.0 Å². The number of amides is 2. The molecule has 0 aromatic heterocycles. The fourth-order valence-electron chi connectivity index (χ4n) is 5.86. The first-order valence-electron chi connectivity index (χ1n) is 15.7. The van der Waals surface area contributed by atoms with E-state index in [9.17, 15) is 14.4 Å². The molecule has 0 bridgehead atoms. The number of nitrogens with zero attached hydrogens (tertiary/aromatic N) is 4. The van der Waals surface area contributed by atoms with Crippen molar-refractivity contribution in [2.24, 2.45) is 0 Å². The molecular formula is C35H41N5O5S. The Kier molecular flexibility index (Phi) is 11.4. The molecule has 2 amide bonds. The second-order valence-corrected chi connectivity index (χ2v) is 11.7. The highest BCUT2D eigenvalue weighted by Gasteiger charge is 2.44. The number of carbonyl (C=O) groups excluding carboxylic acids is 3. The molecule has 0 spiro atoms. The van der Waals surface area contributed by atoms with Crippen molar-refractivity contribution in [3.05, 3.63) is 90.0 Å². The predicted octanol–water partition coefficient (Wildman–Crippen LogP) is 4.41. The van der Waals surface area contributed by atoms with Crippen LogP contribution in [0.5, 0.6) is 5.75 Å². The van der Waals surface area contributed by atoms with Crippen molar-refractivity contribution in [3.63, 3.8) is 0 Å². The van der Waals surface area contributed by atoms with Crippen molar-refractivity contribution in [2.75, 3.05) is 63.2 Å². The number of rotatable bonds is 13. The first-order valence-corrected chi connectivity index (χ1v) is 16.1. The van der Waals surface area contributed by atoms with Crippen LogP contribution in [-0.2, 0) is 20.9 Å². The van der Waals surface area contributed by atoms with E-state index in [-0.39, 0.29) is 18.2 Å². The van der Waals surface area contributed by atoms with Gasteiger partial charge >= 0.3 is 5.97 Å². The van der Waals surface area contributed by atoms with Crippen molar-refractivity contribution < 1.29 is 23.9 Å². The molecule has 5 rings (SSSR count). The van der Waals surface area contributed by atoms with Gasteiger partial charge in [-0.15, -0.1) is 0 Å². The lowest BCUT2D eigenvalue weighted by atomic mass is 10.1. The number of ether oxygens (including phenoxy) is 2. The molecule has 0 radical (unpaired) electrons. The van der Waals surface area contributed by atoms with Crippen LogP contribution < -0.4 is 15.0 Å². The topological polar surface area (TPSA) is 94.7 Å². The van der Waals surface area contributed by atoms with Crippen molar-refractivity contribution in [1.82, 2.24) is 14.7 Å². The van der Waals surface area contributed by atoms with Gasteiger partial charge in [0.25, 0.3) is 5.91 Å². The average molecular weight is 644 g/mol. The normalized spacial score (nSPS) is 17.3. The van der Waals surface area contributed by atoms with Gasteiger partial charge < -0.3 is 24.6 Å². The number of methoxy groups -OCH3 is 1. The number of hydrogen-bond acceptors (Lipinski definition) is 8. The molecule has 2 aliphatic heterocycles. The van der Waals surface area contributed by atoms with E-state index in [1.54, 1.807) is 24.3 Å². The van der Waals surface area contributed by atoms with Gasteiger partial charge in [0.15, 0.2) is 5.11 Å². The zero-order chi connectivity index (χ0) is 32.5. The largest absolute Gasteiger partial charge is 0.494 e. The Labute approximate surface area is 275 Å². The van der Waals surface area contributed by atoms with Gasteiger partial charge in [-0.05, 0) is 86.2 Å². The number of esters is 1. The van der Waals surface area contributed by atoms with E-state index in [2.05, 4.69) is 39.4 Å². The molecule has 2 heterocycles. The van der Waals surface area contributed by atoms with E-state index >= 15 is 0 Å². The van der Waals surface area contributed by atoms with E-state index in [1.807, 2.05) is 42.2 Å². The molecular weight excluding hydrogens is 602 g/mol. The van der Waals surface area contributed by atoms with Crippen LogP contribution in [0.3, 0.4) is 0 Å². The summed E-state index contributed by atoms with van der Waals surface area (Å²) in [6, 6.07) is 23.5. The fourth-order valence-corrected chi connectivity index (χ4v) is 6.27. The molecule has 46 heavy (non-hydrogen) atoms. The lowest BCUT2D eigenvalue weighted by Crippen LogP contribution is -2.47. The third-order valence-electron chi connectivity index (χ3n) is 8.28. The highest BCUT2D eigenvalue weighted by atomic mass is 32.1. The smallest absolute Gasteiger partial charge is 0.337 e. The van der Waals surface area contributed by atoms with Crippen LogP contribution in [-0.4, -0.2) is 96.6 Å². The van der Waals surface area contributed by atoms with Gasteiger partial charge in [0.1, 0.15) is 11.8 Å². The minimum absolute atomic E-state index is 0.0661. The minimum Gasteiger partial charge on any atom is -0.494 e. The summed E-state index contributed by atoms with van der Waals surface area (Å²) in [6.45, 7) is 8.81. The second-order valence-electron chi connectivity index (χ2n) is 11.4. The Hall–Kier alpha value is -4.32. The summed E-state index contributed by atoms with van der Waals surface area (Å²) in [7, 11) is 1.32. The third kappa shape index (κ3) is 8.28. The number of carbonyl (C=O) groups is 3. The Balaban J connectivity index is 1.21. The van der Waals surface area contributed by atoms with Crippen LogP contribution in [0, 0.1) is 0 Å². The lowest BCUT2D eigenvalue weighted by Gasteiger charge is -2.35. The molecule has 242 valence electrons. The van der Waals surface area contributed by atoms with Gasteiger partial charge in [-0.1, -0.05) is 30.3 Å². The Morgan fingerprint density at radius 3 is 2.22 bits per heavy atom. The third-order valence-corrected chi connectivity index (χ3v) is 8.70. The Morgan fingerprint density at radius 1 is 0.891 bits per heavy atom. The fraction of sp³-hybridized carbons (Fsp3) is 0.371. The molecule has 11 heteroatoms. The van der Waals surface area contributed by atoms with Crippen LogP contribution in [0.1, 0.15) is 35.7 Å². The van der Waals surface area contributed by atoms with E-state index in [1.165, 1.54) is 17.6 Å². The molecule has 2 fully saturated rings. The molecule has 10 nitrogen and oxygen atoms in total. The summed E-state index contributed by atoms with van der Waals surface area (Å²) < 4.78 is 10.3. The van der Waals surface area contributed by atoms with Gasteiger partial charge in [0.05, 0.1) is 31.4 Å². The number of anilines is 2. The maximum atomic E-state index is 13.8. The van der Waals surface area contributed by atoms with Crippen LogP contribution in [0.15, 0.2) is 78.9 Å². The monoisotopic (exact) mass is 643 g/mol. The quantitative estimate of drug-likeness (QED) is 0.215. The van der Waals surface area contributed by atoms with Crippen molar-refractivity contribution in [3.8, 4) is 5.75 Å². The maximum Gasteiger partial charge on any atom is 0.337 e. The Bertz CT molecular complexity index is 1490. The summed E-state index contributed by atoms with van der Waals surface area (Å²) >= 11 is 5.87. The minimum atomic E-state index is -0.740. The molecule has 3 aromatic carbocycles. The average Bonchev–Trinajstić information content (AvgIpc) is 3.30. The SMILES string of the molecule is CCOc1ccc(N2C(=O)[C@H](CC(=O)Nc3ccc(C(=O)OC)cc3)N(CCCN3CCN(Cc4ccccc4)CC3)C2=S)cc1. The standard InChI is InChI=1S/C35H41N5O5S/c1-3-45-30-16-14-29(15-17-30)40-33(42)31(24-32(41)36-28-12-10-27(11-13-28)34(43)44-2)39(35(40)46)19-7-18-37-20-22-38(23-21-37)25-26-8-5-4-6-9-26/h4-6,8-17,31H,3,7,18-25H2,1-2H3,(H,36,41)/t31-/m0/s1. The summed E-state index contributed by atoms with van der Waals surface area (Å²) in [5, 5.41) is 3.24. The van der Waals surface area contributed by atoms with Crippen LogP contribution in [0.2, 0.25) is 0 Å². The van der Waals surface area contributed by atoms with E-state index in [4.69, 9.17) is 21.7 Å². The first-order chi connectivity index (χ1) is 22.4. The first kappa shape index (κ1) is 33.1. The van der Waals surface area contributed by atoms with Crippen LogP contribution in [0.25, 0.3) is 0 Å². The molecule has 2 aliphatic rings. The zero-order valence-corrected chi connectivity index (χ0v) is 27.2. The summed E-state index contributed by atoms with van der Waals surface area (Å²) in [4.78, 5) is 47.2. The van der Waals surface area contributed by atoms with E-state index in [0.717, 1.165) is 45.7 Å². The van der Waals surface area contributed by atoms with Gasteiger partial charge in [-0.25, -0.2) is 4.79 Å². The van der Waals surface area contributed by atoms with Crippen molar-refractivity contribution in [1.29, 1.82) is 0 Å². The highest BCUT2D eigenvalue weighted by molar-refractivity contribution is 7.80. The predicted molar refractivity (Wildman–Crippen MR) is 182 cm³/mol. The van der Waals surface area contributed by atoms with Gasteiger partial charge in [0, 0.05) is 45.0 Å². The molecule has 3 aromatic rings. The van der Waals surface area contributed by atoms with Gasteiger partial charge in [0.2, 0.25) is 5.91 Å². The van der Waals surface area contributed by atoms with Gasteiger partial charge in [-0.3, -0.25) is 19.4 Å². The summed E-state index contributed by atoms with van der Waals surface area (Å²) in [5.74, 6) is -0.305. The highest BCUT2D eigenvalue weighted by Crippen LogP contribution is 2.29. The van der Waals surface area contributed by atoms with Crippen LogP contribution in [0.4, 0.5) is 11.4 Å². The molecule has 1 atom stereocenters. The van der Waals surface area contributed by atoms with Gasteiger partial charge in [-0.2, -0.15) is 0 Å². The van der Waals surface area contributed by atoms with Crippen LogP contribution >= 0.6 is 12.2 Å². The molecule has 0 unspecified atom stereocenters. The maximum absolute atomic E-state index is 13.8. The zero-order valence-electron chi connectivity index (χ0n) is 26.4.